The van der Waals surface area contributed by atoms with Gasteiger partial charge in [0.1, 0.15) is 24.5 Å². The summed E-state index contributed by atoms with van der Waals surface area (Å²) in [5, 5.41) is 29.4. The van der Waals surface area contributed by atoms with Crippen LogP contribution in [0.4, 0.5) is 5.69 Å². The van der Waals surface area contributed by atoms with Gasteiger partial charge in [0.05, 0.1) is 36.6 Å². The Hall–Kier alpha value is -2.81. The Kier molecular flexibility index (Phi) is 8.11. The molecule has 0 aromatic heterocycles. The van der Waals surface area contributed by atoms with Crippen molar-refractivity contribution in [1.82, 2.24) is 4.90 Å². The van der Waals surface area contributed by atoms with E-state index < -0.39 is 6.04 Å². The summed E-state index contributed by atoms with van der Waals surface area (Å²) >= 11 is 6.08. The second kappa shape index (κ2) is 11.0. The quantitative estimate of drug-likeness (QED) is 0.630. The Morgan fingerprint density at radius 1 is 1.16 bits per heavy atom. The maximum atomic E-state index is 9.79. The number of hydrogen-bond donors (Lipinski definition) is 1. The first-order valence-electron chi connectivity index (χ1n) is 10.0. The molecule has 2 aromatic rings. The number of aliphatic hydroxyl groups excluding tert-OH is 1. The highest BCUT2D eigenvalue weighted by atomic mass is 35.5. The number of methoxy groups -OCH3 is 1. The van der Waals surface area contributed by atoms with Crippen LogP contribution in [0.25, 0.3) is 0 Å². The summed E-state index contributed by atoms with van der Waals surface area (Å²) in [7, 11) is 1.61. The number of nitriles is 2. The average Bonchev–Trinajstić information content (AvgIpc) is 2.80. The van der Waals surface area contributed by atoms with E-state index in [1.54, 1.807) is 13.2 Å². The fourth-order valence-corrected chi connectivity index (χ4v) is 3.90. The van der Waals surface area contributed by atoms with Gasteiger partial charge in [-0.3, -0.25) is 4.90 Å². The molecular weight excluding hydrogens is 416 g/mol. The fraction of sp³-hybridized carbons (Fsp3) is 0.391. The predicted molar refractivity (Wildman–Crippen MR) is 118 cm³/mol. The maximum Gasteiger partial charge on any atom is 0.121 e. The minimum absolute atomic E-state index is 0.110. The van der Waals surface area contributed by atoms with E-state index in [4.69, 9.17) is 21.1 Å². The first-order valence-corrected chi connectivity index (χ1v) is 10.4. The van der Waals surface area contributed by atoms with E-state index in [9.17, 15) is 15.6 Å². The van der Waals surface area contributed by atoms with Crippen LogP contribution in [0.15, 0.2) is 42.5 Å². The molecule has 3 rings (SSSR count). The maximum absolute atomic E-state index is 9.79. The van der Waals surface area contributed by atoms with Crippen molar-refractivity contribution in [3.05, 3.63) is 58.6 Å². The topological polar surface area (TPSA) is 92.8 Å². The highest BCUT2D eigenvalue weighted by Gasteiger charge is 2.33. The summed E-state index contributed by atoms with van der Waals surface area (Å²) < 4.78 is 10.7. The fourth-order valence-electron chi connectivity index (χ4n) is 3.77. The highest BCUT2D eigenvalue weighted by molar-refractivity contribution is 6.30. The van der Waals surface area contributed by atoms with Crippen LogP contribution < -0.4 is 9.64 Å². The van der Waals surface area contributed by atoms with Crippen LogP contribution in [0.5, 0.6) is 5.75 Å². The van der Waals surface area contributed by atoms with Crippen LogP contribution in [0.3, 0.4) is 0 Å². The molecule has 0 bridgehead atoms. The van der Waals surface area contributed by atoms with E-state index in [2.05, 4.69) is 17.0 Å². The molecule has 8 heteroatoms. The number of anilines is 1. The third kappa shape index (κ3) is 5.46. The van der Waals surface area contributed by atoms with Gasteiger partial charge in [-0.15, -0.1) is 0 Å². The zero-order chi connectivity index (χ0) is 22.2. The van der Waals surface area contributed by atoms with E-state index in [1.165, 1.54) is 0 Å². The first-order chi connectivity index (χ1) is 15.1. The summed E-state index contributed by atoms with van der Waals surface area (Å²) in [4.78, 5) is 4.15. The largest absolute Gasteiger partial charge is 0.491 e. The van der Waals surface area contributed by atoms with Gasteiger partial charge in [0.25, 0.3) is 0 Å². The number of rotatable bonds is 8. The van der Waals surface area contributed by atoms with Gasteiger partial charge in [-0.05, 0) is 35.9 Å². The molecule has 0 radical (unpaired) electrons. The molecule has 1 heterocycles. The van der Waals surface area contributed by atoms with Crippen molar-refractivity contribution in [2.24, 2.45) is 0 Å². The molecule has 2 atom stereocenters. The van der Waals surface area contributed by atoms with Gasteiger partial charge in [0.2, 0.25) is 0 Å². The minimum atomic E-state index is -0.566. The van der Waals surface area contributed by atoms with Gasteiger partial charge in [0.15, 0.2) is 0 Å². The Bertz CT molecular complexity index is 955. The summed E-state index contributed by atoms with van der Waals surface area (Å²) in [6, 6.07) is 16.8. The first kappa shape index (κ1) is 22.9. The number of piperazine rings is 1. The van der Waals surface area contributed by atoms with E-state index in [0.29, 0.717) is 49.2 Å². The Labute approximate surface area is 187 Å². The lowest BCUT2D eigenvalue weighted by Crippen LogP contribution is -2.52. The van der Waals surface area contributed by atoms with E-state index in [0.717, 1.165) is 11.3 Å². The van der Waals surface area contributed by atoms with Gasteiger partial charge in [-0.1, -0.05) is 23.7 Å². The molecule has 0 amide bonds. The second-order valence-electron chi connectivity index (χ2n) is 7.22. The Morgan fingerprint density at radius 3 is 2.58 bits per heavy atom. The predicted octanol–water partition coefficient (Wildman–Crippen LogP) is 2.98. The third-order valence-electron chi connectivity index (χ3n) is 5.38. The highest BCUT2D eigenvalue weighted by Crippen LogP contribution is 2.35. The average molecular weight is 441 g/mol. The van der Waals surface area contributed by atoms with Crippen LogP contribution in [0, 0.1) is 22.7 Å². The van der Waals surface area contributed by atoms with Crippen molar-refractivity contribution in [2.45, 2.75) is 12.1 Å². The van der Waals surface area contributed by atoms with Crippen molar-refractivity contribution in [3.63, 3.8) is 0 Å². The van der Waals surface area contributed by atoms with E-state index in [-0.39, 0.29) is 12.6 Å². The van der Waals surface area contributed by atoms with Gasteiger partial charge < -0.3 is 19.5 Å². The van der Waals surface area contributed by atoms with Crippen LogP contribution >= 0.6 is 11.6 Å². The number of aliphatic hydroxyl groups is 1. The van der Waals surface area contributed by atoms with E-state index in [1.807, 2.05) is 41.3 Å². The van der Waals surface area contributed by atoms with Gasteiger partial charge in [-0.2, -0.15) is 10.5 Å². The minimum Gasteiger partial charge on any atom is -0.491 e. The van der Waals surface area contributed by atoms with Crippen LogP contribution in [0.2, 0.25) is 5.02 Å². The third-order valence-corrected chi connectivity index (χ3v) is 5.64. The summed E-state index contributed by atoms with van der Waals surface area (Å²) in [6.45, 7) is 2.39. The van der Waals surface area contributed by atoms with Crippen LogP contribution in [-0.4, -0.2) is 62.6 Å². The van der Waals surface area contributed by atoms with Crippen LogP contribution in [-0.2, 0) is 4.74 Å². The molecule has 1 aliphatic heterocycles. The summed E-state index contributed by atoms with van der Waals surface area (Å²) in [5.41, 5.74) is 2.34. The second-order valence-corrected chi connectivity index (χ2v) is 7.65. The van der Waals surface area contributed by atoms with Crippen molar-refractivity contribution >= 4 is 17.3 Å². The molecule has 7 nitrogen and oxygen atoms in total. The Balaban J connectivity index is 1.93. The molecule has 162 valence electrons. The van der Waals surface area contributed by atoms with Gasteiger partial charge in [-0.25, -0.2) is 0 Å². The zero-order valence-corrected chi connectivity index (χ0v) is 18.1. The SMILES string of the molecule is COCCOc1ccc(N2CCN([C@@H](C#N)CO)C[C@H]2c2ccc(Cl)cc2)c(C#N)c1. The smallest absolute Gasteiger partial charge is 0.121 e. The molecule has 2 aromatic carbocycles. The molecule has 0 saturated carbocycles. The summed E-state index contributed by atoms with van der Waals surface area (Å²) in [6.07, 6.45) is 0. The lowest BCUT2D eigenvalue weighted by Gasteiger charge is -2.44. The van der Waals surface area contributed by atoms with Crippen molar-refractivity contribution in [2.75, 3.05) is 51.5 Å². The van der Waals surface area contributed by atoms with Crippen LogP contribution in [0.1, 0.15) is 17.2 Å². The lowest BCUT2D eigenvalue weighted by molar-refractivity contribution is 0.133. The number of benzene rings is 2. The Morgan fingerprint density at radius 2 is 1.94 bits per heavy atom. The number of nitrogens with zero attached hydrogens (tertiary/aromatic N) is 4. The van der Waals surface area contributed by atoms with E-state index >= 15 is 0 Å². The molecule has 1 aliphatic rings. The summed E-state index contributed by atoms with van der Waals surface area (Å²) in [5.74, 6) is 0.615. The van der Waals surface area contributed by atoms with Gasteiger partial charge >= 0.3 is 0 Å². The van der Waals surface area contributed by atoms with Crippen molar-refractivity contribution in [3.8, 4) is 17.9 Å². The van der Waals surface area contributed by atoms with Crippen molar-refractivity contribution < 1.29 is 14.6 Å². The molecule has 1 N–H and O–H groups in total. The standard InChI is InChI=1S/C23H25ClN4O3/c1-30-10-11-31-21-6-7-22(18(12-21)13-25)28-9-8-27(20(14-26)16-29)15-23(28)17-2-4-19(24)5-3-17/h2-7,12,20,23,29H,8-11,15-16H2,1H3/t20-,23-/m0/s1. The molecule has 1 fully saturated rings. The monoisotopic (exact) mass is 440 g/mol. The van der Waals surface area contributed by atoms with Gasteiger partial charge in [0, 0.05) is 31.8 Å². The lowest BCUT2D eigenvalue weighted by atomic mass is 9.99. The number of hydrogen-bond acceptors (Lipinski definition) is 7. The van der Waals surface area contributed by atoms with Crippen molar-refractivity contribution in [1.29, 1.82) is 10.5 Å². The molecule has 31 heavy (non-hydrogen) atoms. The number of ether oxygens (including phenoxy) is 2. The molecular formula is C23H25ClN4O3. The molecule has 0 spiro atoms. The molecule has 0 unspecified atom stereocenters. The number of halogens is 1. The zero-order valence-electron chi connectivity index (χ0n) is 17.4. The normalized spacial score (nSPS) is 17.6. The molecule has 1 saturated heterocycles. The molecule has 0 aliphatic carbocycles.